The molecule has 0 aromatic heterocycles. The van der Waals surface area contributed by atoms with Crippen LogP contribution in [0.3, 0.4) is 0 Å². The van der Waals surface area contributed by atoms with Crippen LogP contribution in [0.25, 0.3) is 5.57 Å². The number of carboxylic acids is 1. The molecule has 4 heterocycles. The van der Waals surface area contributed by atoms with Crippen LogP contribution in [0.4, 0.5) is 5.69 Å². The molecule has 39 heteroatoms. The molecule has 18 atom stereocenters. The maximum Gasteiger partial charge on any atom is 0.328 e. The normalized spacial score (nSPS) is 26.2. The zero-order chi connectivity index (χ0) is 95.0. The Morgan fingerprint density at radius 3 is 2.18 bits per heavy atom. The number of fused-ring (bicyclic) bond motifs is 6. The molecule has 0 radical (unpaired) electrons. The summed E-state index contributed by atoms with van der Waals surface area (Å²) >= 11 is 6.88. The number of likely N-dealkylation sites (N-methyl/N-ethyl adjacent to an activating group) is 1. The van der Waals surface area contributed by atoms with Crippen molar-refractivity contribution in [3.8, 4) is 11.5 Å². The molecule has 1 aliphatic carbocycles. The van der Waals surface area contributed by atoms with Crippen molar-refractivity contribution in [3.63, 3.8) is 0 Å². The number of esters is 2. The molecule has 0 spiro atoms. The molecule has 0 unspecified atom stereocenters. The van der Waals surface area contributed by atoms with Gasteiger partial charge in [0, 0.05) is 94.7 Å². The Bertz CT molecular complexity index is 4820. The number of hydrogen-bond acceptors (Lipinski definition) is 28. The first kappa shape index (κ1) is 104. The summed E-state index contributed by atoms with van der Waals surface area (Å²) < 4.78 is 29.8. The number of carbonyl (C=O) groups excluding carboxylic acids is 12. The highest BCUT2D eigenvalue weighted by atomic mass is 35.5. The van der Waals surface area contributed by atoms with Crippen LogP contribution in [0.5, 0.6) is 11.5 Å². The maximum absolute atomic E-state index is 15.2. The number of epoxide rings is 1. The number of anilines is 1. The number of Topliss-reactive ketones (excluding diaryl/α,β-unsaturated/α-hetero) is 1. The van der Waals surface area contributed by atoms with Gasteiger partial charge in [-0.05, 0) is 149 Å². The Balaban J connectivity index is 0.818. The van der Waals surface area contributed by atoms with Crippen LogP contribution in [0, 0.1) is 11.8 Å². The zero-order valence-electron chi connectivity index (χ0n) is 74.4. The van der Waals surface area contributed by atoms with Crippen molar-refractivity contribution in [1.82, 2.24) is 42.1 Å². The van der Waals surface area contributed by atoms with Crippen molar-refractivity contribution in [2.75, 3.05) is 62.8 Å². The second-order valence-corrected chi connectivity index (χ2v) is 39.3. The third-order valence-electron chi connectivity index (χ3n) is 23.8. The number of ketones is 1. The Kier molecular flexibility index (Phi) is 39.0. The second-order valence-electron chi connectivity index (χ2n) is 33.7. The summed E-state index contributed by atoms with van der Waals surface area (Å²) in [6, 6.07) is 11.7. The number of carboxylic acid groups (broad SMARTS) is 1. The average Bonchev–Trinajstić information content (AvgIpc) is 1.57. The number of aliphatic hydroxyl groups is 3. The van der Waals surface area contributed by atoms with Crippen molar-refractivity contribution >= 4 is 143 Å². The molecule has 3 saturated heterocycles. The van der Waals surface area contributed by atoms with Crippen LogP contribution in [0.15, 0.2) is 115 Å². The number of rotatable bonds is 31. The van der Waals surface area contributed by atoms with E-state index >= 15 is 9.59 Å². The first-order chi connectivity index (χ1) is 61.7. The molecule has 9 rings (SSSR count). The number of unbranched alkanes of at least 4 members (excludes halogenated alkanes) is 1. The van der Waals surface area contributed by atoms with Gasteiger partial charge in [-0.3, -0.25) is 52.7 Å². The number of nitrogens with two attached hydrogens (primary N) is 2. The molecule has 4 bridgehead atoms. The van der Waals surface area contributed by atoms with Gasteiger partial charge in [0.25, 0.3) is 0 Å². The number of nitrogens with one attached hydrogen (secondary N) is 7. The van der Waals surface area contributed by atoms with Gasteiger partial charge >= 0.3 is 17.9 Å². The van der Waals surface area contributed by atoms with Gasteiger partial charge < -0.3 is 108 Å². The molecule has 5 aliphatic rings. The first-order valence-corrected chi connectivity index (χ1v) is 48.4. The monoisotopic (exact) mass is 1900 g/mol. The number of ether oxygens (including phenoxy) is 5. The number of aliphatic hydroxyl groups excluding tert-OH is 2. The number of carbonyl (C=O) groups is 13. The number of aromatic hydroxyl groups is 1. The summed E-state index contributed by atoms with van der Waals surface area (Å²) in [5.74, 6) is -12.1. The Labute approximate surface area is 776 Å². The molecule has 708 valence electrons. The Morgan fingerprint density at radius 1 is 0.831 bits per heavy atom. The van der Waals surface area contributed by atoms with E-state index < -0.39 is 192 Å². The number of hydrogen-bond donors (Lipinski definition) is 14. The van der Waals surface area contributed by atoms with Gasteiger partial charge in [0.2, 0.25) is 53.2 Å². The molecule has 16 N–H and O–H groups in total. The quantitative estimate of drug-likeness (QED) is 0.0137. The standard InChI is InChI=1S/C91H120ClN11O23S4/c1-49-16-15-20-72(123-10)91(121)44-71(124-77(111)45-91)50(2)81-90(6,126-81)73(43-76(110)103(8)68-39-57(36-49)40-70(122-9)78(68)92)125-89(120)51(3)102(7)75(109)32-35-128-127-34-31-74(108)95-46-56-23-21-55(22-24-56)38-63(94)83(113)98-66-47-129-130-48-67(86(116)101-80(53(5)105)88(118)119)99-87(117)79(52(4)104)100-84(114)64(19-13-14-33-93)96-85(115)65(41-59-28-27-58-17-11-12-18-62(58)59)97-82(112)60(42-69(66)107)37-54-25-29-61(106)30-26-54/h11-12,15-18,20-26,28-30,39-40,50-53,60,63-67,71-73,79-81,104-106,121H,13-14,19,27,31-38,41-48,93-94H2,1-10H3,(H,95,108)(H,96,115)(H,97,112)(H,98,113)(H,99,117)(H,100,114)(H,101,116)(H,118,119)/b20-15+,49-16+/t50-,51+,52-,53-,60-,63-,64+,65-,66+,67+,71+,72-,73+,79+,80+,81+,90+,91-/m1/s1. The van der Waals surface area contributed by atoms with E-state index in [9.17, 15) is 78.3 Å². The lowest BCUT2D eigenvalue weighted by Crippen LogP contribution is -2.62. The number of allylic oxidation sites excluding steroid dienone is 4. The summed E-state index contributed by atoms with van der Waals surface area (Å²) in [6.07, 6.45) is 0.167. The molecule has 4 aromatic rings. The molecule has 3 fully saturated rings. The minimum Gasteiger partial charge on any atom is -0.508 e. The van der Waals surface area contributed by atoms with Crippen molar-refractivity contribution in [3.05, 3.63) is 153 Å². The fourth-order valence-electron chi connectivity index (χ4n) is 15.8. The number of phenols is 1. The van der Waals surface area contributed by atoms with Gasteiger partial charge in [0.1, 0.15) is 76.2 Å². The lowest BCUT2D eigenvalue weighted by molar-refractivity contribution is -0.187. The number of halogens is 1. The number of amides is 9. The van der Waals surface area contributed by atoms with Crippen molar-refractivity contribution in [2.24, 2.45) is 23.3 Å². The van der Waals surface area contributed by atoms with Gasteiger partial charge in [-0.15, -0.1) is 0 Å². The van der Waals surface area contributed by atoms with E-state index in [1.54, 1.807) is 81.6 Å². The summed E-state index contributed by atoms with van der Waals surface area (Å²) in [5, 5.41) is 72.4. The third-order valence-corrected chi connectivity index (χ3v) is 29.0. The number of phenolic OH excluding ortho intramolecular Hbond substituents is 1. The lowest BCUT2D eigenvalue weighted by atomic mass is 9.78. The maximum atomic E-state index is 15.2. The predicted molar refractivity (Wildman–Crippen MR) is 494 cm³/mol. The van der Waals surface area contributed by atoms with Gasteiger partial charge in [0.15, 0.2) is 11.8 Å². The van der Waals surface area contributed by atoms with Crippen molar-refractivity contribution in [1.29, 1.82) is 0 Å². The predicted octanol–water partition coefficient (Wildman–Crippen LogP) is 4.94. The fourth-order valence-corrected chi connectivity index (χ4v) is 20.4. The van der Waals surface area contributed by atoms with Crippen LogP contribution in [-0.4, -0.2) is 261 Å². The van der Waals surface area contributed by atoms with Gasteiger partial charge in [-0.25, -0.2) is 9.59 Å². The number of aliphatic carboxylic acids is 1. The largest absolute Gasteiger partial charge is 0.508 e. The second kappa shape index (κ2) is 48.7. The fraction of sp³-hybridized carbons (Fsp3) is 0.527. The SMILES string of the molecule is COc1cc2cc(c1Cl)N(C)C(=O)C[C@H](OC(=O)[C@H](C)N(C)C(=O)CCSSCCC(=O)NCc1ccc(C[C@@H](N)C(=O)N[C@H]3CSSC[C@@H](C(=O)N[C@H](C(=O)O)[C@@H](C)O)NC(=O)[C@H]([C@@H](C)O)NC(=O)[C@H](CCCCN)NC(=O)[C@@H](CC4=CCc5ccccc54)NC(=O)[C@H](Cc4ccc(O)cc4)CC3=O)cc1)[C@]1(C)O[C@H]1[C@H](C)[C@@H]1C[C@@](O)(CC(=O)O1)[C@H](OC)/C=C/C=C(\C)C2. The summed E-state index contributed by atoms with van der Waals surface area (Å²) in [7, 11) is 10.5. The number of nitrogens with zero attached hydrogens (tertiary/aromatic N) is 2. The van der Waals surface area contributed by atoms with E-state index in [0.717, 1.165) is 50.8 Å². The summed E-state index contributed by atoms with van der Waals surface area (Å²) in [5.41, 5.74) is 15.7. The smallest absolute Gasteiger partial charge is 0.328 e. The molecular formula is C91H120ClN11O23S4. The lowest BCUT2D eigenvalue weighted by Gasteiger charge is -2.41. The molecule has 9 amide bonds. The molecule has 130 heavy (non-hydrogen) atoms. The number of benzene rings is 4. The van der Waals surface area contributed by atoms with Crippen LogP contribution in [0.1, 0.15) is 139 Å². The van der Waals surface area contributed by atoms with Crippen LogP contribution < -0.4 is 58.3 Å². The van der Waals surface area contributed by atoms with Gasteiger partial charge in [-0.1, -0.05) is 152 Å². The van der Waals surface area contributed by atoms with Gasteiger partial charge in [-0.2, -0.15) is 0 Å². The van der Waals surface area contributed by atoms with Crippen LogP contribution in [0.2, 0.25) is 5.02 Å². The highest BCUT2D eigenvalue weighted by molar-refractivity contribution is 8.77. The highest BCUT2D eigenvalue weighted by Gasteiger charge is 2.65. The van der Waals surface area contributed by atoms with E-state index in [4.69, 9.17) is 46.8 Å². The van der Waals surface area contributed by atoms with E-state index in [1.165, 1.54) is 78.6 Å². The molecule has 4 aliphatic heterocycles. The minimum absolute atomic E-state index is 0.00596. The molecule has 0 saturated carbocycles. The Hall–Kier alpha value is -9.58. The third kappa shape index (κ3) is 29.0. The molecule has 4 aromatic carbocycles. The molecular weight excluding hydrogens is 1780 g/mol. The van der Waals surface area contributed by atoms with E-state index in [0.29, 0.717) is 64.5 Å². The topological polar surface area (TPSA) is 515 Å². The average molecular weight is 1900 g/mol. The first-order valence-electron chi connectivity index (χ1n) is 43.1. The minimum atomic E-state index is -1.87. The zero-order valence-corrected chi connectivity index (χ0v) is 78.4. The Morgan fingerprint density at radius 2 is 1.50 bits per heavy atom. The van der Waals surface area contributed by atoms with Crippen molar-refractivity contribution < 1.29 is 112 Å². The molecule has 34 nitrogen and oxygen atoms in total. The van der Waals surface area contributed by atoms with E-state index in [2.05, 4.69) is 37.2 Å². The highest BCUT2D eigenvalue weighted by Crippen LogP contribution is 2.50. The van der Waals surface area contributed by atoms with Gasteiger partial charge in [0.05, 0.1) is 56.0 Å². The van der Waals surface area contributed by atoms with E-state index in [-0.39, 0.29) is 99.2 Å². The van der Waals surface area contributed by atoms with Crippen molar-refractivity contribution in [2.45, 2.75) is 234 Å². The van der Waals surface area contributed by atoms with Crippen LogP contribution >= 0.6 is 54.8 Å². The van der Waals surface area contributed by atoms with E-state index in [1.807, 2.05) is 43.3 Å². The number of methoxy groups -OCH3 is 2. The summed E-state index contributed by atoms with van der Waals surface area (Å²) in [6.45, 7) is 9.52. The summed E-state index contributed by atoms with van der Waals surface area (Å²) in [4.78, 5) is 186. The van der Waals surface area contributed by atoms with Crippen LogP contribution in [-0.2, 0) is 114 Å².